The van der Waals surface area contributed by atoms with Gasteiger partial charge in [0.25, 0.3) is 0 Å². The monoisotopic (exact) mass is 769 g/mol. The van der Waals surface area contributed by atoms with Crippen molar-refractivity contribution >= 4 is 35.1 Å². The molecule has 0 N–H and O–H groups in total. The number of aryl methyl sites for hydroxylation is 6. The Morgan fingerprint density at radius 1 is 0.542 bits per heavy atom. The molecular weight excluding hydrogens is 719 g/mol. The summed E-state index contributed by atoms with van der Waals surface area (Å²) in [7, 11) is 17.6. The average molecular weight is 772 g/mol. The van der Waals surface area contributed by atoms with E-state index in [2.05, 4.69) is 155 Å². The van der Waals surface area contributed by atoms with E-state index in [4.69, 9.17) is 17.0 Å². The molecule has 4 heteroatoms. The normalized spacial score (nSPS) is 18.2. The fourth-order valence-corrected chi connectivity index (χ4v) is 40.7. The Labute approximate surface area is 299 Å². The van der Waals surface area contributed by atoms with Crippen LogP contribution in [0.1, 0.15) is 90.6 Å². The first-order valence-electron chi connectivity index (χ1n) is 17.9. The summed E-state index contributed by atoms with van der Waals surface area (Å²) < 4.78 is 0.150. The second-order valence-electron chi connectivity index (χ2n) is 16.1. The SMILES string of the molecule is Cc1cc(C)cc(-c2c(C)ccc3c2C=C(C(C)C)[CH]3[Zr]([Cl])([Cl])([CH]2C(C(C)C)=Cc3c2ccc(C)c3-c2cc(C)cc(C)c2)[SiH](C)C)c1. The van der Waals surface area contributed by atoms with Crippen molar-refractivity contribution in [3.8, 4) is 22.3 Å². The molecule has 0 saturated heterocycles. The van der Waals surface area contributed by atoms with Gasteiger partial charge in [-0.25, -0.2) is 0 Å². The molecule has 4 aromatic rings. The van der Waals surface area contributed by atoms with E-state index in [0.29, 0.717) is 11.8 Å². The maximum absolute atomic E-state index is 8.81. The standard InChI is InChI=1S/2C21H23.C2H7Si.2ClH.Zr/c2*1-13(2)18-11-17-7-6-16(5)21(20(17)12-18)19-9-14(3)8-15(4)10-19;1-3-2;;;/h2*6-13H,1-5H3;3H,1-2H3;2*1H;/q;;;;;+2/p-2. The summed E-state index contributed by atoms with van der Waals surface area (Å²) in [5, 5.41) is 0. The zero-order valence-corrected chi connectivity index (χ0v) is 36.2. The molecule has 0 radical (unpaired) electrons. The van der Waals surface area contributed by atoms with E-state index in [1.54, 1.807) is 0 Å². The first-order valence-corrected chi connectivity index (χ1v) is 34.2. The Morgan fingerprint density at radius 2 is 0.875 bits per heavy atom. The fraction of sp³-hybridized carbons (Fsp3) is 0.364. The van der Waals surface area contributed by atoms with E-state index in [1.807, 2.05) is 0 Å². The van der Waals surface area contributed by atoms with Crippen LogP contribution in [0.5, 0.6) is 0 Å². The van der Waals surface area contributed by atoms with Gasteiger partial charge >= 0.3 is 302 Å². The van der Waals surface area contributed by atoms with E-state index >= 15 is 0 Å². The summed E-state index contributed by atoms with van der Waals surface area (Å²) >= 11 is -4.93. The molecule has 0 saturated carbocycles. The third-order valence-electron chi connectivity index (χ3n) is 11.4. The Morgan fingerprint density at radius 3 is 1.17 bits per heavy atom. The molecule has 2 unspecified atom stereocenters. The summed E-state index contributed by atoms with van der Waals surface area (Å²) in [6, 6.07) is 23.4. The number of fused-ring (bicyclic) bond motifs is 2. The van der Waals surface area contributed by atoms with Crippen molar-refractivity contribution in [1.82, 2.24) is 0 Å². The molecule has 2 aliphatic carbocycles. The molecule has 2 atom stereocenters. The van der Waals surface area contributed by atoms with Crippen LogP contribution >= 0.6 is 17.0 Å². The second kappa shape index (κ2) is 12.7. The van der Waals surface area contributed by atoms with E-state index in [-0.39, 0.29) is 7.25 Å². The molecule has 2 aliphatic rings. The van der Waals surface area contributed by atoms with Gasteiger partial charge in [-0.1, -0.05) is 0 Å². The molecule has 48 heavy (non-hydrogen) atoms. The van der Waals surface area contributed by atoms with Gasteiger partial charge in [-0.3, -0.25) is 0 Å². The van der Waals surface area contributed by atoms with Gasteiger partial charge < -0.3 is 0 Å². The van der Waals surface area contributed by atoms with Crippen LogP contribution in [-0.2, 0) is 15.6 Å². The van der Waals surface area contributed by atoms with Crippen LogP contribution in [0, 0.1) is 53.4 Å². The quantitative estimate of drug-likeness (QED) is 0.164. The molecule has 0 fully saturated rings. The van der Waals surface area contributed by atoms with Crippen LogP contribution in [0.25, 0.3) is 34.4 Å². The molecule has 6 rings (SSSR count). The molecule has 0 nitrogen and oxygen atoms in total. The summed E-state index contributed by atoms with van der Waals surface area (Å²) in [5.74, 6) is -1.00. The number of benzene rings is 4. The third-order valence-corrected chi connectivity index (χ3v) is 63.1. The van der Waals surface area contributed by atoms with Crippen molar-refractivity contribution < 1.29 is 15.6 Å². The van der Waals surface area contributed by atoms with E-state index in [9.17, 15) is 0 Å². The van der Waals surface area contributed by atoms with Crippen molar-refractivity contribution in [2.24, 2.45) is 11.8 Å². The number of allylic oxidation sites excluding steroid dienone is 2. The van der Waals surface area contributed by atoms with Crippen LogP contribution in [0.2, 0.25) is 13.1 Å². The molecule has 0 spiro atoms. The second-order valence-corrected chi connectivity index (χ2v) is 58.6. The Hall–Kier alpha value is -1.96. The topological polar surface area (TPSA) is 0 Å². The Balaban J connectivity index is 1.66. The van der Waals surface area contributed by atoms with Crippen LogP contribution < -0.4 is 0 Å². The molecule has 0 aromatic heterocycles. The summed E-state index contributed by atoms with van der Waals surface area (Å²) in [6.45, 7) is 27.7. The van der Waals surface area contributed by atoms with Crippen LogP contribution in [0.3, 0.4) is 0 Å². The van der Waals surface area contributed by atoms with E-state index in [1.165, 1.54) is 89.0 Å². The van der Waals surface area contributed by atoms with Gasteiger partial charge in [0, 0.05) is 0 Å². The van der Waals surface area contributed by atoms with Gasteiger partial charge in [0.1, 0.15) is 0 Å². The minimum atomic E-state index is -4.93. The van der Waals surface area contributed by atoms with Gasteiger partial charge in [-0.05, 0) is 0 Å². The molecule has 0 heterocycles. The first kappa shape index (κ1) is 35.9. The fourth-order valence-electron chi connectivity index (χ4n) is 9.23. The van der Waals surface area contributed by atoms with Crippen LogP contribution in [-0.4, -0.2) is 5.92 Å². The van der Waals surface area contributed by atoms with Crippen molar-refractivity contribution in [2.75, 3.05) is 0 Å². The average Bonchev–Trinajstić information content (AvgIpc) is 3.57. The zero-order valence-electron chi connectivity index (χ0n) is 31.1. The summed E-state index contributed by atoms with van der Waals surface area (Å²) in [5.41, 5.74) is 21.4. The third kappa shape index (κ3) is 5.66. The van der Waals surface area contributed by atoms with Gasteiger partial charge in [-0.15, -0.1) is 0 Å². The molecule has 0 amide bonds. The summed E-state index contributed by atoms with van der Waals surface area (Å²) in [4.78, 5) is 0. The summed E-state index contributed by atoms with van der Waals surface area (Å²) in [6.07, 6.45) is 5.04. The van der Waals surface area contributed by atoms with Crippen molar-refractivity contribution in [3.63, 3.8) is 0 Å². The Bertz CT molecular complexity index is 1850. The molecule has 4 aromatic carbocycles. The number of hydrogen-bond acceptors (Lipinski definition) is 0. The Kier molecular flexibility index (Phi) is 9.46. The van der Waals surface area contributed by atoms with Crippen LogP contribution in [0.4, 0.5) is 0 Å². The van der Waals surface area contributed by atoms with Gasteiger partial charge in [0.05, 0.1) is 0 Å². The maximum atomic E-state index is 8.81. The van der Waals surface area contributed by atoms with Gasteiger partial charge in [0.15, 0.2) is 0 Å². The minimum absolute atomic E-state index is 0.0748. The molecule has 0 bridgehead atoms. The van der Waals surface area contributed by atoms with E-state index in [0.717, 1.165) is 0 Å². The predicted molar refractivity (Wildman–Crippen MR) is 214 cm³/mol. The van der Waals surface area contributed by atoms with Crippen LogP contribution in [0.15, 0.2) is 71.8 Å². The number of hydrogen-bond donors (Lipinski definition) is 0. The van der Waals surface area contributed by atoms with Crippen molar-refractivity contribution in [1.29, 1.82) is 0 Å². The molecule has 251 valence electrons. The van der Waals surface area contributed by atoms with Gasteiger partial charge in [-0.2, -0.15) is 0 Å². The number of rotatable bonds is 7. The molecule has 0 aliphatic heterocycles. The van der Waals surface area contributed by atoms with Crippen molar-refractivity contribution in [3.05, 3.63) is 127 Å². The predicted octanol–water partition coefficient (Wildman–Crippen LogP) is 13.7. The van der Waals surface area contributed by atoms with Crippen molar-refractivity contribution in [2.45, 2.75) is 89.6 Å². The zero-order chi connectivity index (χ0) is 35.1. The number of halogens is 2. The first-order chi connectivity index (χ1) is 22.4. The molecular formula is C44H53Cl2SiZr. The van der Waals surface area contributed by atoms with Gasteiger partial charge in [0.2, 0.25) is 0 Å². The van der Waals surface area contributed by atoms with E-state index < -0.39 is 21.5 Å².